The third-order valence-electron chi connectivity index (χ3n) is 3.84. The van der Waals surface area contributed by atoms with E-state index >= 15 is 0 Å². The van der Waals surface area contributed by atoms with Crippen LogP contribution in [0.1, 0.15) is 12.7 Å². The molecule has 0 saturated carbocycles. The smallest absolute Gasteiger partial charge is 0.250 e. The van der Waals surface area contributed by atoms with Crippen LogP contribution in [0.5, 0.6) is 5.88 Å². The average Bonchev–Trinajstić information content (AvgIpc) is 2.72. The van der Waals surface area contributed by atoms with Gasteiger partial charge in [-0.05, 0) is 19.9 Å². The molecule has 0 radical (unpaired) electrons. The molecule has 2 N–H and O–H groups in total. The molecule has 0 aliphatic heterocycles. The second-order valence-corrected chi connectivity index (χ2v) is 6.48. The Morgan fingerprint density at radius 3 is 2.70 bits per heavy atom. The Kier molecular flexibility index (Phi) is 7.26. The fourth-order valence-corrected chi connectivity index (χ4v) is 2.71. The van der Waals surface area contributed by atoms with Crippen molar-refractivity contribution in [2.24, 2.45) is 0 Å². The second-order valence-electron chi connectivity index (χ2n) is 6.04. The minimum absolute atomic E-state index is 0.0966. The quantitative estimate of drug-likeness (QED) is 0.489. The normalized spacial score (nSPS) is 10.7. The SMILES string of the molecule is CCOCCNc1nc(C)nc(-c2cc(Cl)cnc2Nc2cnc(OC)c(F)c2)n1. The van der Waals surface area contributed by atoms with E-state index in [1.165, 1.54) is 25.6 Å². The first-order valence-corrected chi connectivity index (χ1v) is 9.54. The van der Waals surface area contributed by atoms with Gasteiger partial charge < -0.3 is 20.1 Å². The Hall–Kier alpha value is -3.11. The fraction of sp³-hybridized carbons (Fsp3) is 0.316. The molecule has 3 rings (SSSR count). The molecule has 9 nitrogen and oxygen atoms in total. The van der Waals surface area contributed by atoms with Gasteiger partial charge in [-0.25, -0.2) is 19.3 Å². The molecular weight excluding hydrogens is 413 g/mol. The molecule has 11 heteroatoms. The van der Waals surface area contributed by atoms with Crippen molar-refractivity contribution in [3.05, 3.63) is 41.2 Å². The number of hydrogen-bond acceptors (Lipinski definition) is 9. The number of methoxy groups -OCH3 is 1. The lowest BCUT2D eigenvalue weighted by atomic mass is 10.2. The number of aromatic nitrogens is 5. The van der Waals surface area contributed by atoms with Gasteiger partial charge in [0.15, 0.2) is 11.6 Å². The molecule has 0 aromatic carbocycles. The first-order valence-electron chi connectivity index (χ1n) is 9.17. The average molecular weight is 434 g/mol. The lowest BCUT2D eigenvalue weighted by Gasteiger charge is -2.12. The van der Waals surface area contributed by atoms with Crippen LogP contribution in [0, 0.1) is 12.7 Å². The summed E-state index contributed by atoms with van der Waals surface area (Å²) in [5.41, 5.74) is 0.905. The van der Waals surface area contributed by atoms with E-state index < -0.39 is 5.82 Å². The zero-order valence-electron chi connectivity index (χ0n) is 16.7. The largest absolute Gasteiger partial charge is 0.479 e. The minimum Gasteiger partial charge on any atom is -0.479 e. The maximum atomic E-state index is 14.0. The predicted molar refractivity (Wildman–Crippen MR) is 112 cm³/mol. The molecule has 0 aliphatic carbocycles. The van der Waals surface area contributed by atoms with Crippen molar-refractivity contribution in [2.75, 3.05) is 37.5 Å². The van der Waals surface area contributed by atoms with Crippen molar-refractivity contribution in [1.82, 2.24) is 24.9 Å². The van der Waals surface area contributed by atoms with Crippen LogP contribution >= 0.6 is 11.6 Å². The third kappa shape index (κ3) is 5.49. The van der Waals surface area contributed by atoms with Crippen molar-refractivity contribution in [1.29, 1.82) is 0 Å². The third-order valence-corrected chi connectivity index (χ3v) is 4.05. The highest BCUT2D eigenvalue weighted by molar-refractivity contribution is 6.30. The summed E-state index contributed by atoms with van der Waals surface area (Å²) in [6, 6.07) is 2.92. The van der Waals surface area contributed by atoms with Crippen LogP contribution in [0.4, 0.5) is 21.8 Å². The minimum atomic E-state index is -0.602. The van der Waals surface area contributed by atoms with Crippen LogP contribution in [-0.4, -0.2) is 51.8 Å². The summed E-state index contributed by atoms with van der Waals surface area (Å²) in [5, 5.41) is 6.52. The van der Waals surface area contributed by atoms with Crippen LogP contribution in [0.25, 0.3) is 11.4 Å². The van der Waals surface area contributed by atoms with E-state index in [0.717, 1.165) is 0 Å². The van der Waals surface area contributed by atoms with Gasteiger partial charge in [0.25, 0.3) is 0 Å². The number of ether oxygens (including phenoxy) is 2. The van der Waals surface area contributed by atoms with Gasteiger partial charge in [0.2, 0.25) is 11.8 Å². The summed E-state index contributed by atoms with van der Waals surface area (Å²) in [5.74, 6) is 0.968. The summed E-state index contributed by atoms with van der Waals surface area (Å²) in [6.45, 7) is 5.39. The number of aryl methyl sites for hydroxylation is 1. The maximum Gasteiger partial charge on any atom is 0.250 e. The molecule has 0 fully saturated rings. The molecule has 0 amide bonds. The van der Waals surface area contributed by atoms with Gasteiger partial charge in [-0.2, -0.15) is 9.97 Å². The molecule has 3 heterocycles. The lowest BCUT2D eigenvalue weighted by Crippen LogP contribution is -2.13. The molecule has 0 unspecified atom stereocenters. The van der Waals surface area contributed by atoms with Crippen molar-refractivity contribution >= 4 is 29.1 Å². The molecular formula is C19H21ClFN7O2. The van der Waals surface area contributed by atoms with Crippen molar-refractivity contribution < 1.29 is 13.9 Å². The molecule has 3 aromatic heterocycles. The number of anilines is 3. The predicted octanol–water partition coefficient (Wildman–Crippen LogP) is 3.63. The molecule has 0 atom stereocenters. The van der Waals surface area contributed by atoms with Gasteiger partial charge in [0.05, 0.1) is 36.2 Å². The van der Waals surface area contributed by atoms with Crippen molar-refractivity contribution in [3.63, 3.8) is 0 Å². The summed E-state index contributed by atoms with van der Waals surface area (Å²) >= 11 is 6.15. The second kappa shape index (κ2) is 10.1. The lowest BCUT2D eigenvalue weighted by molar-refractivity contribution is 0.158. The first kappa shape index (κ1) is 21.6. The standard InChI is InChI=1S/C19H21ClFN7O2/c1-4-30-6-5-22-19-26-11(2)25-17(28-19)14-7-12(20)9-23-16(14)27-13-8-15(21)18(29-3)24-10-13/h7-10H,4-6H2,1-3H3,(H,23,27)(H,22,25,26,28). The molecule has 0 bridgehead atoms. The van der Waals surface area contributed by atoms with E-state index in [0.29, 0.717) is 59.4 Å². The number of hydrogen-bond donors (Lipinski definition) is 2. The zero-order valence-corrected chi connectivity index (χ0v) is 17.5. The fourth-order valence-electron chi connectivity index (χ4n) is 2.55. The van der Waals surface area contributed by atoms with E-state index in [-0.39, 0.29) is 5.88 Å². The van der Waals surface area contributed by atoms with Gasteiger partial charge in [-0.1, -0.05) is 11.6 Å². The van der Waals surface area contributed by atoms with Crippen LogP contribution in [-0.2, 0) is 4.74 Å². The maximum absolute atomic E-state index is 14.0. The van der Waals surface area contributed by atoms with Crippen LogP contribution in [0.2, 0.25) is 5.02 Å². The number of nitrogens with zero attached hydrogens (tertiary/aromatic N) is 5. The summed E-state index contributed by atoms with van der Waals surface area (Å²) in [7, 11) is 1.35. The highest BCUT2D eigenvalue weighted by atomic mass is 35.5. The topological polar surface area (TPSA) is 107 Å². The van der Waals surface area contributed by atoms with Crippen molar-refractivity contribution in [2.45, 2.75) is 13.8 Å². The molecule has 3 aromatic rings. The summed E-state index contributed by atoms with van der Waals surface area (Å²) in [4.78, 5) is 21.4. The van der Waals surface area contributed by atoms with Crippen LogP contribution in [0.3, 0.4) is 0 Å². The van der Waals surface area contributed by atoms with Gasteiger partial charge in [-0.3, -0.25) is 0 Å². The Labute approximate surface area is 178 Å². The van der Waals surface area contributed by atoms with E-state index in [2.05, 4.69) is 35.6 Å². The van der Waals surface area contributed by atoms with Gasteiger partial charge in [0, 0.05) is 25.4 Å². The summed E-state index contributed by atoms with van der Waals surface area (Å²) in [6.07, 6.45) is 2.90. The van der Waals surface area contributed by atoms with Crippen LogP contribution in [0.15, 0.2) is 24.5 Å². The molecule has 0 aliphatic rings. The Morgan fingerprint density at radius 2 is 1.97 bits per heavy atom. The van der Waals surface area contributed by atoms with Gasteiger partial charge in [-0.15, -0.1) is 0 Å². The van der Waals surface area contributed by atoms with Gasteiger partial charge in [0.1, 0.15) is 11.6 Å². The monoisotopic (exact) mass is 433 g/mol. The Bertz CT molecular complexity index is 1020. The van der Waals surface area contributed by atoms with E-state index in [1.807, 2.05) is 6.92 Å². The summed E-state index contributed by atoms with van der Waals surface area (Å²) < 4.78 is 24.2. The highest BCUT2D eigenvalue weighted by Crippen LogP contribution is 2.30. The molecule has 30 heavy (non-hydrogen) atoms. The molecule has 0 saturated heterocycles. The first-order chi connectivity index (χ1) is 14.5. The van der Waals surface area contributed by atoms with E-state index in [1.54, 1.807) is 13.0 Å². The van der Waals surface area contributed by atoms with Crippen molar-refractivity contribution in [3.8, 4) is 17.3 Å². The Morgan fingerprint density at radius 1 is 1.13 bits per heavy atom. The highest BCUT2D eigenvalue weighted by Gasteiger charge is 2.15. The number of halogens is 2. The number of rotatable bonds is 9. The van der Waals surface area contributed by atoms with E-state index in [9.17, 15) is 4.39 Å². The number of pyridine rings is 2. The zero-order chi connectivity index (χ0) is 21.5. The van der Waals surface area contributed by atoms with Crippen LogP contribution < -0.4 is 15.4 Å². The number of nitrogens with one attached hydrogen (secondary N) is 2. The molecule has 0 spiro atoms. The molecule has 158 valence electrons. The van der Waals surface area contributed by atoms with E-state index in [4.69, 9.17) is 21.1 Å². The van der Waals surface area contributed by atoms with Gasteiger partial charge >= 0.3 is 0 Å². The Balaban J connectivity index is 1.91.